The number of nitrogens with zero attached hydrogens (tertiary/aromatic N) is 2. The van der Waals surface area contributed by atoms with Gasteiger partial charge in [-0.3, -0.25) is 4.79 Å². The largest absolute Gasteiger partial charge is 0.383 e. The van der Waals surface area contributed by atoms with E-state index in [1.54, 1.807) is 13.1 Å². The number of oxime groups is 1. The molecule has 0 aromatic heterocycles. The van der Waals surface area contributed by atoms with Crippen molar-refractivity contribution in [1.82, 2.24) is 4.90 Å². The Morgan fingerprint density at radius 3 is 2.26 bits per heavy atom. The van der Waals surface area contributed by atoms with Gasteiger partial charge >= 0.3 is 0 Å². The van der Waals surface area contributed by atoms with Gasteiger partial charge < -0.3 is 9.74 Å². The number of carbonyl (C=O) groups excluding carboxylic acids is 1. The molecule has 0 spiro atoms. The zero-order chi connectivity index (χ0) is 16.7. The van der Waals surface area contributed by atoms with Gasteiger partial charge in [-0.15, -0.1) is 0 Å². The molecule has 1 amide bonds. The minimum atomic E-state index is -0.528. The molecule has 1 fully saturated rings. The van der Waals surface area contributed by atoms with Crippen LogP contribution in [0.1, 0.15) is 63.5 Å². The Labute approximate surface area is 139 Å². The third-order valence-electron chi connectivity index (χ3n) is 4.29. The van der Waals surface area contributed by atoms with Gasteiger partial charge in [0, 0.05) is 13.1 Å². The molecule has 4 nitrogen and oxygen atoms in total. The molecule has 126 valence electrons. The summed E-state index contributed by atoms with van der Waals surface area (Å²) >= 11 is 0. The topological polar surface area (TPSA) is 41.9 Å². The lowest BCUT2D eigenvalue weighted by Crippen LogP contribution is -2.39. The van der Waals surface area contributed by atoms with Gasteiger partial charge in [-0.1, -0.05) is 56.1 Å². The van der Waals surface area contributed by atoms with E-state index in [2.05, 4.69) is 31.1 Å². The van der Waals surface area contributed by atoms with Crippen LogP contribution in [0.5, 0.6) is 0 Å². The number of hydrogen-bond acceptors (Lipinski definition) is 3. The molecule has 2 rings (SSSR count). The Balaban J connectivity index is 1.84. The van der Waals surface area contributed by atoms with Crippen LogP contribution in [0.2, 0.25) is 0 Å². The quantitative estimate of drug-likeness (QED) is 0.609. The van der Waals surface area contributed by atoms with Gasteiger partial charge in [0.25, 0.3) is 5.91 Å². The fraction of sp³-hybridized carbons (Fsp3) is 0.579. The van der Waals surface area contributed by atoms with Crippen LogP contribution < -0.4 is 0 Å². The third kappa shape index (κ3) is 5.38. The normalized spacial score (nSPS) is 17.3. The lowest BCUT2D eigenvalue weighted by atomic mass is 10.0. The maximum absolute atomic E-state index is 12.3. The Hall–Kier alpha value is -1.84. The molecule has 0 N–H and O–H groups in total. The number of amides is 1. The van der Waals surface area contributed by atoms with Crippen molar-refractivity contribution in [3.8, 4) is 0 Å². The molecule has 1 unspecified atom stereocenters. The summed E-state index contributed by atoms with van der Waals surface area (Å²) in [5.41, 5.74) is 2.27. The molecule has 1 aliphatic rings. The van der Waals surface area contributed by atoms with Crippen molar-refractivity contribution in [2.75, 3.05) is 13.1 Å². The number of likely N-dealkylation sites (tertiary alicyclic amines) is 1. The molecule has 1 aromatic rings. The van der Waals surface area contributed by atoms with Crippen LogP contribution in [0.15, 0.2) is 29.4 Å². The summed E-state index contributed by atoms with van der Waals surface area (Å²) < 4.78 is 0. The Morgan fingerprint density at radius 2 is 1.70 bits per heavy atom. The Bertz CT molecular complexity index is 515. The molecule has 1 saturated heterocycles. The zero-order valence-corrected chi connectivity index (χ0v) is 14.5. The van der Waals surface area contributed by atoms with Gasteiger partial charge in [-0.2, -0.15) is 0 Å². The van der Waals surface area contributed by atoms with Crippen molar-refractivity contribution in [3.63, 3.8) is 0 Å². The first kappa shape index (κ1) is 17.5. The van der Waals surface area contributed by atoms with Gasteiger partial charge in [0.1, 0.15) is 0 Å². The highest BCUT2D eigenvalue weighted by Crippen LogP contribution is 2.14. The number of carbonyl (C=O) groups is 1. The van der Waals surface area contributed by atoms with Gasteiger partial charge in [0.05, 0.1) is 6.21 Å². The van der Waals surface area contributed by atoms with E-state index < -0.39 is 6.10 Å². The van der Waals surface area contributed by atoms with E-state index in [-0.39, 0.29) is 5.91 Å². The third-order valence-corrected chi connectivity index (χ3v) is 4.29. The number of rotatable bonds is 5. The van der Waals surface area contributed by atoms with Crippen LogP contribution in [0.4, 0.5) is 0 Å². The molecule has 1 aliphatic heterocycles. The van der Waals surface area contributed by atoms with Gasteiger partial charge in [-0.25, -0.2) is 0 Å². The second-order valence-corrected chi connectivity index (χ2v) is 6.54. The van der Waals surface area contributed by atoms with Crippen molar-refractivity contribution in [1.29, 1.82) is 0 Å². The summed E-state index contributed by atoms with van der Waals surface area (Å²) in [5, 5.41) is 3.98. The molecule has 0 aliphatic carbocycles. The van der Waals surface area contributed by atoms with E-state index in [1.807, 2.05) is 17.0 Å². The number of benzene rings is 1. The van der Waals surface area contributed by atoms with E-state index in [0.717, 1.165) is 31.5 Å². The van der Waals surface area contributed by atoms with E-state index >= 15 is 0 Å². The van der Waals surface area contributed by atoms with Gasteiger partial charge in [-0.05, 0) is 36.8 Å². The predicted molar refractivity (Wildman–Crippen MR) is 93.7 cm³/mol. The second-order valence-electron chi connectivity index (χ2n) is 6.54. The summed E-state index contributed by atoms with van der Waals surface area (Å²) in [6, 6.07) is 8.22. The lowest BCUT2D eigenvalue weighted by Gasteiger charge is -2.22. The minimum Gasteiger partial charge on any atom is -0.383 e. The Morgan fingerprint density at radius 1 is 1.09 bits per heavy atom. The van der Waals surface area contributed by atoms with E-state index in [4.69, 9.17) is 4.84 Å². The van der Waals surface area contributed by atoms with Crippen molar-refractivity contribution < 1.29 is 9.63 Å². The molecule has 1 aromatic carbocycles. The van der Waals surface area contributed by atoms with Crippen LogP contribution in [0.25, 0.3) is 0 Å². The molecule has 0 saturated carbocycles. The highest BCUT2D eigenvalue weighted by atomic mass is 16.6. The summed E-state index contributed by atoms with van der Waals surface area (Å²) in [6.45, 7) is 7.79. The Kier molecular flexibility index (Phi) is 6.63. The van der Waals surface area contributed by atoms with Crippen LogP contribution >= 0.6 is 0 Å². The lowest BCUT2D eigenvalue weighted by molar-refractivity contribution is -0.142. The smallest absolute Gasteiger partial charge is 0.266 e. The minimum absolute atomic E-state index is 0.0409. The summed E-state index contributed by atoms with van der Waals surface area (Å²) in [4.78, 5) is 19.6. The molecule has 0 radical (unpaired) electrons. The fourth-order valence-electron chi connectivity index (χ4n) is 2.74. The first-order chi connectivity index (χ1) is 11.1. The van der Waals surface area contributed by atoms with Crippen LogP contribution in [-0.4, -0.2) is 36.2 Å². The molecule has 4 heteroatoms. The molecular formula is C19H28N2O2. The predicted octanol–water partition coefficient (Wildman–Crippen LogP) is 3.95. The van der Waals surface area contributed by atoms with Crippen molar-refractivity contribution in [3.05, 3.63) is 35.4 Å². The monoisotopic (exact) mass is 316 g/mol. The average Bonchev–Trinajstić information content (AvgIpc) is 2.83. The zero-order valence-electron chi connectivity index (χ0n) is 14.5. The molecule has 23 heavy (non-hydrogen) atoms. The molecule has 1 atom stereocenters. The molecule has 1 heterocycles. The van der Waals surface area contributed by atoms with E-state index in [0.29, 0.717) is 5.92 Å². The molecular weight excluding hydrogens is 288 g/mol. The maximum Gasteiger partial charge on any atom is 0.266 e. The van der Waals surface area contributed by atoms with Gasteiger partial charge in [0.2, 0.25) is 6.10 Å². The summed E-state index contributed by atoms with van der Waals surface area (Å²) in [6.07, 6.45) is 5.73. The van der Waals surface area contributed by atoms with E-state index in [1.165, 1.54) is 18.4 Å². The van der Waals surface area contributed by atoms with Gasteiger partial charge in [0.15, 0.2) is 0 Å². The highest BCUT2D eigenvalue weighted by Gasteiger charge is 2.22. The van der Waals surface area contributed by atoms with Crippen molar-refractivity contribution in [2.45, 2.75) is 58.5 Å². The standard InChI is InChI=1S/C19H28N2O2/c1-15(2)18-10-8-17(9-11-18)14-20-23-16(3)19(22)21-12-6-4-5-7-13-21/h8-11,14-16H,4-7,12-13H2,1-3H3/b20-14+. The van der Waals surface area contributed by atoms with Crippen LogP contribution in [0, 0.1) is 0 Å². The first-order valence-corrected chi connectivity index (χ1v) is 8.66. The first-order valence-electron chi connectivity index (χ1n) is 8.66. The number of hydrogen-bond donors (Lipinski definition) is 0. The highest BCUT2D eigenvalue weighted by molar-refractivity contribution is 5.81. The van der Waals surface area contributed by atoms with Crippen LogP contribution in [-0.2, 0) is 9.63 Å². The summed E-state index contributed by atoms with van der Waals surface area (Å²) in [5.74, 6) is 0.558. The van der Waals surface area contributed by atoms with Crippen LogP contribution in [0.3, 0.4) is 0 Å². The van der Waals surface area contributed by atoms with Crippen molar-refractivity contribution in [2.24, 2.45) is 5.16 Å². The van der Waals surface area contributed by atoms with Crippen molar-refractivity contribution >= 4 is 12.1 Å². The second kappa shape index (κ2) is 8.70. The summed E-state index contributed by atoms with van der Waals surface area (Å²) in [7, 11) is 0. The molecule has 0 bridgehead atoms. The average molecular weight is 316 g/mol. The fourth-order valence-corrected chi connectivity index (χ4v) is 2.74. The van der Waals surface area contributed by atoms with E-state index in [9.17, 15) is 4.79 Å². The SMILES string of the molecule is CC(O/N=C/c1ccc(C(C)C)cc1)C(=O)N1CCCCCC1. The maximum atomic E-state index is 12.3.